The Morgan fingerprint density at radius 2 is 2.36 bits per heavy atom. The molecule has 1 unspecified atom stereocenters. The molecule has 0 amide bonds. The molecule has 62 valence electrons. The number of carbonyl (C=O) groups is 1. The van der Waals surface area contributed by atoms with Crippen LogP contribution in [0, 0.1) is 17.8 Å². The fourth-order valence-corrected chi connectivity index (χ4v) is 0.408. The highest BCUT2D eigenvalue weighted by Crippen LogP contribution is 1.85. The Morgan fingerprint density at radius 1 is 1.73 bits per heavy atom. The third kappa shape index (κ3) is 5.43. The summed E-state index contributed by atoms with van der Waals surface area (Å²) in [5.41, 5.74) is 5.28. The molecule has 2 N–H and O–H groups in total. The Kier molecular flexibility index (Phi) is 5.22. The molecule has 0 rings (SSSR count). The molecule has 0 aliphatic carbocycles. The number of hydrogen-bond acceptors (Lipinski definition) is 3. The van der Waals surface area contributed by atoms with E-state index in [1.54, 1.807) is 6.92 Å². The lowest BCUT2D eigenvalue weighted by molar-refractivity contribution is -0.136. The first-order valence-corrected chi connectivity index (χ1v) is 3.59. The number of esters is 1. The van der Waals surface area contributed by atoms with Crippen LogP contribution in [0.4, 0.5) is 0 Å². The van der Waals surface area contributed by atoms with E-state index in [1.165, 1.54) is 0 Å². The van der Waals surface area contributed by atoms with Crippen molar-refractivity contribution in [1.82, 2.24) is 0 Å². The summed E-state index contributed by atoms with van der Waals surface area (Å²) >= 11 is 0. The maximum Gasteiger partial charge on any atom is 0.384 e. The van der Waals surface area contributed by atoms with E-state index in [1.807, 2.05) is 6.92 Å². The molecule has 0 saturated carbocycles. The summed E-state index contributed by atoms with van der Waals surface area (Å²) in [5, 5.41) is 0. The van der Waals surface area contributed by atoms with Gasteiger partial charge in [0.05, 0.1) is 6.61 Å². The van der Waals surface area contributed by atoms with Crippen molar-refractivity contribution in [2.24, 2.45) is 11.7 Å². The predicted octanol–water partition coefficient (Wildman–Crippen LogP) is 0.148. The largest absolute Gasteiger partial charge is 0.456 e. The molecule has 11 heavy (non-hydrogen) atoms. The van der Waals surface area contributed by atoms with Gasteiger partial charge in [-0.1, -0.05) is 12.8 Å². The van der Waals surface area contributed by atoms with E-state index in [0.29, 0.717) is 13.2 Å². The molecule has 0 spiro atoms. The quantitative estimate of drug-likeness (QED) is 0.351. The highest BCUT2D eigenvalue weighted by Gasteiger charge is 1.94. The monoisotopic (exact) mass is 155 g/mol. The van der Waals surface area contributed by atoms with Crippen LogP contribution in [0.5, 0.6) is 0 Å². The van der Waals surface area contributed by atoms with Crippen LogP contribution in [0.3, 0.4) is 0 Å². The van der Waals surface area contributed by atoms with Crippen molar-refractivity contribution in [2.45, 2.75) is 13.8 Å². The van der Waals surface area contributed by atoms with Crippen LogP contribution in [0.15, 0.2) is 0 Å². The molecule has 0 saturated heterocycles. The molecule has 1 atom stereocenters. The van der Waals surface area contributed by atoms with E-state index in [2.05, 4.69) is 16.6 Å². The van der Waals surface area contributed by atoms with Gasteiger partial charge in [-0.25, -0.2) is 4.79 Å². The topological polar surface area (TPSA) is 52.3 Å². The van der Waals surface area contributed by atoms with Crippen LogP contribution >= 0.6 is 0 Å². The zero-order chi connectivity index (χ0) is 8.69. The van der Waals surface area contributed by atoms with Gasteiger partial charge in [0.2, 0.25) is 0 Å². The van der Waals surface area contributed by atoms with Gasteiger partial charge in [-0.05, 0) is 6.92 Å². The Balaban J connectivity index is 3.76. The first-order chi connectivity index (χ1) is 5.20. The molecule has 0 aromatic carbocycles. The summed E-state index contributed by atoms with van der Waals surface area (Å²) in [5.74, 6) is 4.59. The van der Waals surface area contributed by atoms with Gasteiger partial charge in [0.15, 0.2) is 0 Å². The first kappa shape index (κ1) is 9.99. The molecule has 0 fully saturated rings. The van der Waals surface area contributed by atoms with Gasteiger partial charge < -0.3 is 10.5 Å². The van der Waals surface area contributed by atoms with E-state index >= 15 is 0 Å². The lowest BCUT2D eigenvalue weighted by Crippen LogP contribution is -2.09. The fourth-order valence-electron chi connectivity index (χ4n) is 0.408. The van der Waals surface area contributed by atoms with Crippen LogP contribution < -0.4 is 5.73 Å². The second-order valence-electron chi connectivity index (χ2n) is 2.13. The maximum absolute atomic E-state index is 10.6. The number of ether oxygens (including phenoxy) is 1. The van der Waals surface area contributed by atoms with Crippen LogP contribution in [-0.2, 0) is 9.53 Å². The first-order valence-electron chi connectivity index (χ1n) is 3.59. The number of carbonyl (C=O) groups excluding carboxylic acids is 1. The third-order valence-corrected chi connectivity index (χ3v) is 1.05. The highest BCUT2D eigenvalue weighted by atomic mass is 16.5. The van der Waals surface area contributed by atoms with Gasteiger partial charge in [0, 0.05) is 18.4 Å². The van der Waals surface area contributed by atoms with Gasteiger partial charge in [-0.15, -0.1) is 0 Å². The Labute approximate surface area is 66.9 Å². The second-order valence-corrected chi connectivity index (χ2v) is 2.13. The molecule has 0 radical (unpaired) electrons. The Bertz CT molecular complexity index is 178. The molecular weight excluding hydrogens is 142 g/mol. The SMILES string of the molecule is CCOC(=O)C#CC(C)CN. The minimum atomic E-state index is -0.479. The summed E-state index contributed by atoms with van der Waals surface area (Å²) in [4.78, 5) is 10.6. The number of rotatable bonds is 2. The van der Waals surface area contributed by atoms with Crippen LogP contribution in [0.1, 0.15) is 13.8 Å². The molecule has 3 nitrogen and oxygen atoms in total. The van der Waals surface area contributed by atoms with Crippen LogP contribution in [-0.4, -0.2) is 19.1 Å². The van der Waals surface area contributed by atoms with Crippen molar-refractivity contribution in [3.63, 3.8) is 0 Å². The minimum absolute atomic E-state index is 0.0550. The van der Waals surface area contributed by atoms with Gasteiger partial charge in [-0.3, -0.25) is 0 Å². The maximum atomic E-state index is 10.6. The molecular formula is C8H13NO2. The van der Waals surface area contributed by atoms with E-state index in [9.17, 15) is 4.79 Å². The zero-order valence-electron chi connectivity index (χ0n) is 6.89. The number of hydrogen-bond donors (Lipinski definition) is 1. The third-order valence-electron chi connectivity index (χ3n) is 1.05. The normalized spacial score (nSPS) is 11.2. The summed E-state index contributed by atoms with van der Waals surface area (Å²) in [7, 11) is 0. The fraction of sp³-hybridized carbons (Fsp3) is 0.625. The summed E-state index contributed by atoms with van der Waals surface area (Å²) in [6.07, 6.45) is 0. The van der Waals surface area contributed by atoms with Crippen molar-refractivity contribution >= 4 is 5.97 Å². The molecule has 0 heterocycles. The van der Waals surface area contributed by atoms with Crippen molar-refractivity contribution in [3.05, 3.63) is 0 Å². The summed E-state index contributed by atoms with van der Waals surface area (Å²) in [6.45, 7) is 4.43. The smallest absolute Gasteiger partial charge is 0.384 e. The Hall–Kier alpha value is -1.01. The van der Waals surface area contributed by atoms with Gasteiger partial charge in [0.25, 0.3) is 0 Å². The van der Waals surface area contributed by atoms with Crippen LogP contribution in [0.2, 0.25) is 0 Å². The standard InChI is InChI=1S/C8H13NO2/c1-3-11-8(10)5-4-7(2)6-9/h7H,3,6,9H2,1-2H3. The second kappa shape index (κ2) is 5.75. The lowest BCUT2D eigenvalue weighted by atomic mass is 10.2. The molecule has 0 aliphatic rings. The molecule has 3 heteroatoms. The highest BCUT2D eigenvalue weighted by molar-refractivity contribution is 5.88. The average molecular weight is 155 g/mol. The summed E-state index contributed by atoms with van der Waals surface area (Å²) in [6, 6.07) is 0. The molecule has 0 aromatic rings. The van der Waals surface area contributed by atoms with Crippen molar-refractivity contribution in [3.8, 4) is 11.8 Å². The van der Waals surface area contributed by atoms with Crippen molar-refractivity contribution in [1.29, 1.82) is 0 Å². The molecule has 0 aromatic heterocycles. The van der Waals surface area contributed by atoms with E-state index in [4.69, 9.17) is 5.73 Å². The van der Waals surface area contributed by atoms with Gasteiger partial charge in [-0.2, -0.15) is 0 Å². The zero-order valence-corrected chi connectivity index (χ0v) is 6.89. The predicted molar refractivity (Wildman–Crippen MR) is 42.6 cm³/mol. The van der Waals surface area contributed by atoms with Gasteiger partial charge >= 0.3 is 5.97 Å². The van der Waals surface area contributed by atoms with Gasteiger partial charge in [0.1, 0.15) is 0 Å². The van der Waals surface area contributed by atoms with E-state index in [0.717, 1.165) is 0 Å². The Morgan fingerprint density at radius 3 is 2.82 bits per heavy atom. The van der Waals surface area contributed by atoms with E-state index in [-0.39, 0.29) is 5.92 Å². The molecule has 0 bridgehead atoms. The lowest BCUT2D eigenvalue weighted by Gasteiger charge is -1.95. The number of nitrogens with two attached hydrogens (primary N) is 1. The van der Waals surface area contributed by atoms with Crippen molar-refractivity contribution < 1.29 is 9.53 Å². The van der Waals surface area contributed by atoms with Crippen molar-refractivity contribution in [2.75, 3.05) is 13.2 Å². The average Bonchev–Trinajstić information content (AvgIpc) is 2.01. The van der Waals surface area contributed by atoms with E-state index < -0.39 is 5.97 Å². The summed E-state index contributed by atoms with van der Waals surface area (Å²) < 4.78 is 4.58. The minimum Gasteiger partial charge on any atom is -0.456 e. The molecule has 0 aliphatic heterocycles. The van der Waals surface area contributed by atoms with Crippen LogP contribution in [0.25, 0.3) is 0 Å².